The topological polar surface area (TPSA) is 61.8 Å². The minimum atomic E-state index is -2.11. The van der Waals surface area contributed by atoms with Crippen LogP contribution in [0.2, 0.25) is 16.6 Å². The molecule has 0 radical (unpaired) electrons. The average molecular weight is 485 g/mol. The molecule has 1 aromatic carbocycles. The minimum Gasteiger partial charge on any atom is -0.457 e. The van der Waals surface area contributed by atoms with Gasteiger partial charge in [0.05, 0.1) is 6.61 Å². The summed E-state index contributed by atoms with van der Waals surface area (Å²) in [5.74, 6) is -0.544. The maximum atomic E-state index is 13.1. The van der Waals surface area contributed by atoms with Gasteiger partial charge in [-0.25, -0.2) is 4.79 Å². The Balaban J connectivity index is 3.06. The number of rotatable bonds is 14. The maximum Gasteiger partial charge on any atom is 0.352 e. The van der Waals surface area contributed by atoms with Crippen molar-refractivity contribution in [3.63, 3.8) is 0 Å². The third kappa shape index (κ3) is 8.20. The Bertz CT molecular complexity index is 671. The zero-order chi connectivity index (χ0) is 24.3. The molecule has 0 bridgehead atoms. The van der Waals surface area contributed by atoms with Gasteiger partial charge in [-0.3, -0.25) is 4.79 Å². The van der Waals surface area contributed by atoms with Crippen molar-refractivity contribution in [2.75, 3.05) is 12.5 Å². The van der Waals surface area contributed by atoms with E-state index in [9.17, 15) is 9.59 Å². The van der Waals surface area contributed by atoms with Crippen LogP contribution in [0.1, 0.15) is 79.4 Å². The summed E-state index contributed by atoms with van der Waals surface area (Å²) >= 11 is 5.86. The molecule has 0 heterocycles. The molecule has 0 saturated carbocycles. The molecule has 0 aromatic heterocycles. The first-order valence-electron chi connectivity index (χ1n) is 11.7. The second kappa shape index (κ2) is 14.0. The first kappa shape index (κ1) is 28.7. The Kier molecular flexibility index (Phi) is 12.5. The quantitative estimate of drug-likeness (QED) is 0.126. The smallest absolute Gasteiger partial charge is 0.352 e. The number of ether oxygens (including phenoxy) is 2. The lowest BCUT2D eigenvalue weighted by Gasteiger charge is -2.43. The van der Waals surface area contributed by atoms with Gasteiger partial charge >= 0.3 is 11.9 Å². The lowest BCUT2D eigenvalue weighted by molar-refractivity contribution is -0.172. The van der Waals surface area contributed by atoms with Gasteiger partial charge in [-0.15, -0.1) is 11.6 Å². The molecule has 0 aliphatic carbocycles. The molecule has 1 rings (SSSR count). The van der Waals surface area contributed by atoms with Crippen molar-refractivity contribution >= 4 is 31.9 Å². The van der Waals surface area contributed by atoms with Crippen LogP contribution < -0.4 is 0 Å². The van der Waals surface area contributed by atoms with Crippen LogP contribution in [0, 0.1) is 0 Å². The Morgan fingerprint density at radius 2 is 1.47 bits per heavy atom. The first-order valence-corrected chi connectivity index (χ1v) is 14.4. The molecule has 0 N–H and O–H groups in total. The summed E-state index contributed by atoms with van der Waals surface area (Å²) in [6, 6.07) is 8.95. The third-order valence-electron chi connectivity index (χ3n) is 6.02. The van der Waals surface area contributed by atoms with E-state index in [-0.39, 0.29) is 0 Å². The van der Waals surface area contributed by atoms with Crippen LogP contribution in [0.3, 0.4) is 0 Å². The Morgan fingerprint density at radius 3 is 1.94 bits per heavy atom. The lowest BCUT2D eigenvalue weighted by atomic mass is 10.1. The van der Waals surface area contributed by atoms with E-state index in [1.807, 2.05) is 6.07 Å². The fourth-order valence-corrected chi connectivity index (χ4v) is 10.3. The Morgan fingerprint density at radius 1 is 0.906 bits per heavy atom. The van der Waals surface area contributed by atoms with E-state index < -0.39 is 32.5 Å². The molecule has 32 heavy (non-hydrogen) atoms. The minimum absolute atomic E-state index is 0.344. The highest BCUT2D eigenvalue weighted by atomic mass is 35.5. The highest BCUT2D eigenvalue weighted by Crippen LogP contribution is 2.42. The van der Waals surface area contributed by atoms with Crippen molar-refractivity contribution < 1.29 is 23.5 Å². The van der Waals surface area contributed by atoms with Crippen LogP contribution in [-0.4, -0.2) is 38.8 Å². The van der Waals surface area contributed by atoms with Gasteiger partial charge < -0.3 is 13.9 Å². The predicted molar refractivity (Wildman–Crippen MR) is 132 cm³/mol. The molecule has 0 amide bonds. The molecule has 182 valence electrons. The van der Waals surface area contributed by atoms with Gasteiger partial charge in [-0.05, 0) is 35.9 Å². The van der Waals surface area contributed by atoms with Crippen molar-refractivity contribution in [2.24, 2.45) is 0 Å². The molecule has 2 atom stereocenters. The molecule has 1 aromatic rings. The number of hydrogen-bond donors (Lipinski definition) is 0. The number of unbranched alkanes of at least 4 members (excludes halogenated alkanes) is 1. The molecule has 0 aliphatic heterocycles. The second-order valence-electron chi connectivity index (χ2n) is 9.27. The van der Waals surface area contributed by atoms with Crippen molar-refractivity contribution in [1.29, 1.82) is 0 Å². The van der Waals surface area contributed by atoms with Gasteiger partial charge in [-0.2, -0.15) is 0 Å². The molecule has 0 unspecified atom stereocenters. The molecule has 0 saturated heterocycles. The van der Waals surface area contributed by atoms with Crippen molar-refractivity contribution in [3.05, 3.63) is 35.9 Å². The number of alkyl halides is 1. The summed E-state index contributed by atoms with van der Waals surface area (Å²) < 4.78 is 17.9. The van der Waals surface area contributed by atoms with Crippen molar-refractivity contribution in [3.8, 4) is 0 Å². The third-order valence-corrected chi connectivity index (χ3v) is 12.4. The summed E-state index contributed by atoms with van der Waals surface area (Å²) in [7, 11) is -2.11. The lowest BCUT2D eigenvalue weighted by Crippen LogP contribution is -2.49. The van der Waals surface area contributed by atoms with E-state index in [4.69, 9.17) is 25.5 Å². The van der Waals surface area contributed by atoms with Crippen LogP contribution in [0.4, 0.5) is 0 Å². The van der Waals surface area contributed by atoms with Gasteiger partial charge in [-0.1, -0.05) is 71.9 Å². The molecular weight excluding hydrogens is 444 g/mol. The zero-order valence-corrected chi connectivity index (χ0v) is 22.5. The van der Waals surface area contributed by atoms with E-state index in [1.165, 1.54) is 6.92 Å². The van der Waals surface area contributed by atoms with Gasteiger partial charge in [0.25, 0.3) is 0 Å². The van der Waals surface area contributed by atoms with E-state index in [2.05, 4.69) is 41.5 Å². The van der Waals surface area contributed by atoms with E-state index >= 15 is 0 Å². The molecule has 5 nitrogen and oxygen atoms in total. The summed E-state index contributed by atoms with van der Waals surface area (Å²) in [6.45, 7) is 15.0. The normalized spacial score (nSPS) is 14.0. The maximum absolute atomic E-state index is 13.1. The van der Waals surface area contributed by atoms with Gasteiger partial charge in [0.15, 0.2) is 0 Å². The van der Waals surface area contributed by atoms with Gasteiger partial charge in [0, 0.05) is 18.4 Å². The largest absolute Gasteiger partial charge is 0.457 e. The van der Waals surface area contributed by atoms with Crippen molar-refractivity contribution in [1.82, 2.24) is 0 Å². The first-order chi connectivity index (χ1) is 15.1. The number of carbonyl (C=O) groups is 2. The van der Waals surface area contributed by atoms with Gasteiger partial charge in [0.2, 0.25) is 14.4 Å². The number of carbonyl (C=O) groups excluding carboxylic acids is 2. The predicted octanol–water partition coefficient (Wildman–Crippen LogP) is 6.80. The zero-order valence-electron chi connectivity index (χ0n) is 20.7. The monoisotopic (exact) mass is 484 g/mol. The number of benzene rings is 1. The van der Waals surface area contributed by atoms with Crippen LogP contribution in [0.25, 0.3) is 0 Å². The fourth-order valence-electron chi connectivity index (χ4n) is 4.65. The van der Waals surface area contributed by atoms with E-state index in [0.717, 1.165) is 12.8 Å². The second-order valence-corrected chi connectivity index (χ2v) is 15.1. The Labute approximate surface area is 200 Å². The van der Waals surface area contributed by atoms with E-state index in [0.29, 0.717) is 41.1 Å². The number of esters is 2. The van der Waals surface area contributed by atoms with Crippen LogP contribution in [-0.2, 0) is 23.5 Å². The molecular formula is C25H41ClO5Si. The molecule has 0 spiro atoms. The Hall–Kier alpha value is -1.37. The summed E-state index contributed by atoms with van der Waals surface area (Å²) in [6.07, 6.45) is 0.803. The summed E-state index contributed by atoms with van der Waals surface area (Å²) in [5, 5.41) is 0. The number of halogens is 1. The molecule has 7 heteroatoms. The molecule has 0 fully saturated rings. The standard InChI is InChI=1S/C25H41ClO5Si/c1-18(2)32(19(3)4,20(5)6)29-17-23(15-11-12-16-26)31-25(28)24(30-21(7)27)22-13-9-8-10-14-22/h8-10,13-14,18-20,23-24H,11-12,15-17H2,1-7H3/t23-,24-/m0/s1. The van der Waals surface area contributed by atoms with Crippen LogP contribution in [0.5, 0.6) is 0 Å². The fraction of sp³-hybridized carbons (Fsp3) is 0.680. The number of hydrogen-bond acceptors (Lipinski definition) is 5. The van der Waals surface area contributed by atoms with Crippen molar-refractivity contribution in [2.45, 2.75) is 96.6 Å². The highest BCUT2D eigenvalue weighted by Gasteiger charge is 2.45. The summed E-state index contributed by atoms with van der Waals surface area (Å²) in [4.78, 5) is 24.7. The van der Waals surface area contributed by atoms with Crippen LogP contribution in [0.15, 0.2) is 30.3 Å². The van der Waals surface area contributed by atoms with Gasteiger partial charge in [0.1, 0.15) is 6.10 Å². The van der Waals surface area contributed by atoms with E-state index in [1.54, 1.807) is 24.3 Å². The average Bonchev–Trinajstić information content (AvgIpc) is 2.72. The van der Waals surface area contributed by atoms with Crippen LogP contribution >= 0.6 is 11.6 Å². The highest BCUT2D eigenvalue weighted by molar-refractivity contribution is 6.77. The molecule has 0 aliphatic rings. The SMILES string of the molecule is CC(=O)O[C@H](C(=O)O[C@@H](CCCCCl)CO[Si](C(C)C)(C(C)C)C(C)C)c1ccccc1. The summed E-state index contributed by atoms with van der Waals surface area (Å²) in [5.41, 5.74) is 1.88.